The van der Waals surface area contributed by atoms with E-state index in [9.17, 15) is 9.59 Å². The second-order valence-corrected chi connectivity index (χ2v) is 6.48. The SMILES string of the molecule is COC(=O)c1cccc(CNC(=O)Cc2sc(=S)[nH]c2C)c1. The van der Waals surface area contributed by atoms with Crippen LogP contribution in [-0.2, 0) is 22.5 Å². The minimum Gasteiger partial charge on any atom is -0.465 e. The Hall–Kier alpha value is -1.99. The van der Waals surface area contributed by atoms with E-state index in [1.54, 1.807) is 18.2 Å². The first-order valence-corrected chi connectivity index (χ1v) is 7.84. The Morgan fingerprint density at radius 3 is 2.82 bits per heavy atom. The molecule has 5 nitrogen and oxygen atoms in total. The summed E-state index contributed by atoms with van der Waals surface area (Å²) in [6.07, 6.45) is 0.292. The van der Waals surface area contributed by atoms with Crippen LogP contribution in [-0.4, -0.2) is 24.0 Å². The molecular weight excluding hydrogens is 320 g/mol. The smallest absolute Gasteiger partial charge is 0.337 e. The normalized spacial score (nSPS) is 10.3. The van der Waals surface area contributed by atoms with Crippen LogP contribution in [0.1, 0.15) is 26.5 Å². The Balaban J connectivity index is 1.95. The van der Waals surface area contributed by atoms with E-state index in [0.717, 1.165) is 16.1 Å². The Bertz CT molecular complexity index is 749. The summed E-state index contributed by atoms with van der Waals surface area (Å²) in [5.74, 6) is -0.479. The largest absolute Gasteiger partial charge is 0.465 e. The van der Waals surface area contributed by atoms with Crippen molar-refractivity contribution in [1.82, 2.24) is 10.3 Å². The zero-order chi connectivity index (χ0) is 16.1. The summed E-state index contributed by atoms with van der Waals surface area (Å²) in [5.41, 5.74) is 2.24. The molecule has 0 radical (unpaired) electrons. The molecule has 0 bridgehead atoms. The predicted octanol–water partition coefficient (Wildman–Crippen LogP) is 2.76. The first-order valence-electron chi connectivity index (χ1n) is 6.62. The molecule has 0 saturated heterocycles. The number of aromatic nitrogens is 1. The topological polar surface area (TPSA) is 71.2 Å². The van der Waals surface area contributed by atoms with Crippen molar-refractivity contribution in [2.24, 2.45) is 0 Å². The highest BCUT2D eigenvalue weighted by molar-refractivity contribution is 7.73. The Morgan fingerprint density at radius 1 is 1.41 bits per heavy atom. The maximum absolute atomic E-state index is 12.0. The van der Waals surface area contributed by atoms with Crippen LogP contribution in [0.5, 0.6) is 0 Å². The second-order valence-electron chi connectivity index (χ2n) is 4.71. The molecular formula is C15H16N2O3S2. The molecule has 0 fully saturated rings. The lowest BCUT2D eigenvalue weighted by Gasteiger charge is -2.06. The van der Waals surface area contributed by atoms with Crippen LogP contribution < -0.4 is 5.32 Å². The molecule has 2 aromatic rings. The fraction of sp³-hybridized carbons (Fsp3) is 0.267. The number of carbonyl (C=O) groups excluding carboxylic acids is 2. The van der Waals surface area contributed by atoms with Crippen LogP contribution in [0.25, 0.3) is 0 Å². The van der Waals surface area contributed by atoms with Gasteiger partial charge in [0.2, 0.25) is 5.91 Å². The van der Waals surface area contributed by atoms with Crippen molar-refractivity contribution in [1.29, 1.82) is 0 Å². The first kappa shape index (κ1) is 16.4. The molecule has 1 aromatic heterocycles. The molecule has 0 spiro atoms. The molecule has 0 aliphatic rings. The number of nitrogens with one attached hydrogen (secondary N) is 2. The van der Waals surface area contributed by atoms with Crippen molar-refractivity contribution in [3.63, 3.8) is 0 Å². The highest BCUT2D eigenvalue weighted by Gasteiger charge is 2.09. The number of rotatable bonds is 5. The van der Waals surface area contributed by atoms with E-state index in [0.29, 0.717) is 22.5 Å². The van der Waals surface area contributed by atoms with Crippen LogP contribution in [0.15, 0.2) is 24.3 Å². The van der Waals surface area contributed by atoms with Gasteiger partial charge < -0.3 is 15.0 Å². The van der Waals surface area contributed by atoms with E-state index in [2.05, 4.69) is 15.0 Å². The molecule has 0 atom stereocenters. The number of ether oxygens (including phenoxy) is 1. The monoisotopic (exact) mass is 336 g/mol. The molecule has 2 N–H and O–H groups in total. The molecule has 2 rings (SSSR count). The van der Waals surface area contributed by atoms with Gasteiger partial charge >= 0.3 is 5.97 Å². The maximum atomic E-state index is 12.0. The van der Waals surface area contributed by atoms with Crippen molar-refractivity contribution >= 4 is 35.4 Å². The van der Waals surface area contributed by atoms with Gasteiger partial charge in [0.1, 0.15) is 0 Å². The van der Waals surface area contributed by atoms with Crippen LogP contribution in [0.2, 0.25) is 0 Å². The minimum absolute atomic E-state index is 0.0863. The van der Waals surface area contributed by atoms with E-state index in [1.807, 2.05) is 13.0 Å². The standard InChI is InChI=1S/C15H16N2O3S2/c1-9-12(22-15(21)17-9)7-13(18)16-8-10-4-3-5-11(6-10)14(19)20-2/h3-6H,7-8H2,1-2H3,(H,16,18)(H,17,21). The third-order valence-electron chi connectivity index (χ3n) is 3.08. The highest BCUT2D eigenvalue weighted by Crippen LogP contribution is 2.15. The second kappa shape index (κ2) is 7.33. The maximum Gasteiger partial charge on any atom is 0.337 e. The molecule has 22 heavy (non-hydrogen) atoms. The summed E-state index contributed by atoms with van der Waals surface area (Å²) in [4.78, 5) is 27.4. The number of hydrogen-bond acceptors (Lipinski definition) is 5. The van der Waals surface area contributed by atoms with Crippen molar-refractivity contribution in [2.45, 2.75) is 19.9 Å². The summed E-state index contributed by atoms with van der Waals surface area (Å²) in [6, 6.07) is 6.98. The molecule has 0 aliphatic carbocycles. The van der Waals surface area contributed by atoms with Crippen molar-refractivity contribution in [2.75, 3.05) is 7.11 Å². The van der Waals surface area contributed by atoms with Gasteiger partial charge in [0.25, 0.3) is 0 Å². The van der Waals surface area contributed by atoms with Crippen LogP contribution >= 0.6 is 23.6 Å². The zero-order valence-electron chi connectivity index (χ0n) is 12.3. The average Bonchev–Trinajstić information content (AvgIpc) is 2.82. The van der Waals surface area contributed by atoms with Gasteiger partial charge in [-0.05, 0) is 36.8 Å². The van der Waals surface area contributed by atoms with E-state index in [1.165, 1.54) is 18.4 Å². The predicted molar refractivity (Wildman–Crippen MR) is 87.6 cm³/mol. The summed E-state index contributed by atoms with van der Waals surface area (Å²) in [7, 11) is 1.34. The zero-order valence-corrected chi connectivity index (χ0v) is 13.9. The highest BCUT2D eigenvalue weighted by atomic mass is 32.1. The summed E-state index contributed by atoms with van der Waals surface area (Å²) < 4.78 is 5.35. The van der Waals surface area contributed by atoms with E-state index in [-0.39, 0.29) is 5.91 Å². The summed E-state index contributed by atoms with van der Waals surface area (Å²) in [5, 5.41) is 2.84. The molecule has 116 valence electrons. The van der Waals surface area contributed by atoms with Crippen molar-refractivity contribution in [3.8, 4) is 0 Å². The number of carbonyl (C=O) groups is 2. The van der Waals surface area contributed by atoms with Gasteiger partial charge in [-0.25, -0.2) is 4.79 Å². The minimum atomic E-state index is -0.393. The fourth-order valence-electron chi connectivity index (χ4n) is 1.94. The lowest BCUT2D eigenvalue weighted by atomic mass is 10.1. The third kappa shape index (κ3) is 4.25. The number of aryl methyl sites for hydroxylation is 1. The van der Waals surface area contributed by atoms with E-state index in [4.69, 9.17) is 12.2 Å². The van der Waals surface area contributed by atoms with Gasteiger partial charge in [0.15, 0.2) is 3.95 Å². The summed E-state index contributed by atoms with van der Waals surface area (Å²) in [6.45, 7) is 2.26. The van der Waals surface area contributed by atoms with Gasteiger partial charge in [-0.15, -0.1) is 11.3 Å². The van der Waals surface area contributed by atoms with E-state index < -0.39 is 5.97 Å². The van der Waals surface area contributed by atoms with Crippen LogP contribution in [0, 0.1) is 10.9 Å². The van der Waals surface area contributed by atoms with E-state index >= 15 is 0 Å². The van der Waals surface area contributed by atoms with Gasteiger partial charge in [-0.2, -0.15) is 0 Å². The molecule has 1 amide bonds. The number of hydrogen-bond donors (Lipinski definition) is 2. The van der Waals surface area contributed by atoms with Crippen LogP contribution in [0.3, 0.4) is 0 Å². The number of methoxy groups -OCH3 is 1. The molecule has 7 heteroatoms. The quantitative estimate of drug-likeness (QED) is 0.650. The number of aromatic amines is 1. The lowest BCUT2D eigenvalue weighted by molar-refractivity contribution is -0.120. The average molecular weight is 336 g/mol. The van der Waals surface area contributed by atoms with Gasteiger partial charge in [-0.1, -0.05) is 12.1 Å². The van der Waals surface area contributed by atoms with Gasteiger partial charge in [0, 0.05) is 17.1 Å². The number of benzene rings is 1. The van der Waals surface area contributed by atoms with Crippen LogP contribution in [0.4, 0.5) is 0 Å². The Morgan fingerprint density at radius 2 is 2.18 bits per heavy atom. The number of amides is 1. The Kier molecular flexibility index (Phi) is 5.46. The number of esters is 1. The first-order chi connectivity index (χ1) is 10.5. The molecule has 0 saturated carbocycles. The van der Waals surface area contributed by atoms with Crippen molar-refractivity contribution in [3.05, 3.63) is 49.9 Å². The Labute approximate surface area is 137 Å². The third-order valence-corrected chi connectivity index (χ3v) is 4.42. The molecule has 1 aromatic carbocycles. The molecule has 0 aliphatic heterocycles. The lowest BCUT2D eigenvalue weighted by Crippen LogP contribution is -2.24. The number of H-pyrrole nitrogens is 1. The molecule has 1 heterocycles. The van der Waals surface area contributed by atoms with Gasteiger partial charge in [-0.3, -0.25) is 4.79 Å². The van der Waals surface area contributed by atoms with Gasteiger partial charge in [0.05, 0.1) is 19.1 Å². The molecule has 0 unspecified atom stereocenters. The summed E-state index contributed by atoms with van der Waals surface area (Å²) >= 11 is 6.46. The number of thiazole rings is 1. The van der Waals surface area contributed by atoms with Crippen molar-refractivity contribution < 1.29 is 14.3 Å². The fourth-order valence-corrected chi connectivity index (χ4v) is 3.23.